The quantitative estimate of drug-likeness (QED) is 0.0507. The molecule has 12 heterocycles. The summed E-state index contributed by atoms with van der Waals surface area (Å²) >= 11 is 5.79. The molecule has 0 saturated carbocycles. The summed E-state index contributed by atoms with van der Waals surface area (Å²) in [5.74, 6) is -0.884. The van der Waals surface area contributed by atoms with Crippen LogP contribution in [0.4, 0.5) is 22.0 Å². The molecule has 0 aliphatic carbocycles. The monoisotopic (exact) mass is 1370 g/mol. The second-order valence-electron chi connectivity index (χ2n) is 22.0. The fraction of sp³-hybridized carbons (Fsp3) is 0.135. The van der Waals surface area contributed by atoms with Crippen molar-refractivity contribution in [3.8, 4) is 46.0 Å². The number of pyridine rings is 12. The summed E-state index contributed by atoms with van der Waals surface area (Å²) in [7, 11) is 0. The Morgan fingerprint density at radius 2 is 0.680 bits per heavy atom. The van der Waals surface area contributed by atoms with Gasteiger partial charge in [-0.15, -0.1) is 0 Å². The van der Waals surface area contributed by atoms with Crippen LogP contribution in [0.25, 0.3) is 0 Å². The second-order valence-corrected chi connectivity index (χ2v) is 22.4. The standard InChI is InChI=1S/2C19H16FN3O2.C18H13ClFN3O2.C18H13F2N3O2/c1-12-3-4-15(22-9-12)7-19(24)18-8-16(5-13(2)23-18)25-17-6-14(20)10-21-11-17;1-12-4-3-5-15(22-12)8-19(24)18-9-16(6-13(2)23-18)25-17-7-14(20)10-21-11-17;1-11-4-15(25-16-5-13(20)9-21-10-16)7-17(23-11)18(24)6-14-3-2-12(19)8-22-14;1-11-4-15(25-16-6-13(20)9-21-10-16)8-17(23-11)18(24)7-14-5-12(19)2-3-22-14/h3-6,8-11H,7H2,1-2H3;3-7,9-11H,8H2,1-2H3;2-5,7-10H,6H2,1H3;2-6,8-10H,7H2,1H3. The SMILES string of the molecule is Cc1cc(Oc2cncc(F)c2)cc(C(=O)Cc2cc(F)ccn2)n1.Cc1cc(Oc2cncc(F)c2)cc(C(=O)Cc2ccc(Cl)cn2)n1.Cc1ccc(CC(=O)c2cc(Oc3cncc(F)c3)cc(C)n2)nc1.Cc1cccc(CC(=O)c2cc(Oc3cncc(F)c3)cc(C)n2)n1. The summed E-state index contributed by atoms with van der Waals surface area (Å²) in [6.07, 6.45) is 14.7. The van der Waals surface area contributed by atoms with Gasteiger partial charge in [-0.25, -0.2) is 41.9 Å². The van der Waals surface area contributed by atoms with E-state index in [1.165, 1.54) is 97.8 Å². The molecule has 0 atom stereocenters. The number of Topliss-reactive ketones (excluding diaryl/α,β-unsaturated/α-hetero) is 4. The van der Waals surface area contributed by atoms with Crippen molar-refractivity contribution in [3.63, 3.8) is 0 Å². The minimum atomic E-state index is -0.531. The molecule has 12 aromatic rings. The van der Waals surface area contributed by atoms with Gasteiger partial charge in [-0.1, -0.05) is 23.7 Å². The smallest absolute Gasteiger partial charge is 0.187 e. The van der Waals surface area contributed by atoms with Gasteiger partial charge < -0.3 is 18.9 Å². The molecule has 0 aromatic carbocycles. The van der Waals surface area contributed by atoms with Crippen molar-refractivity contribution in [3.05, 3.63) is 309 Å². The molecule has 0 spiro atoms. The Bertz CT molecular complexity index is 4600. The minimum absolute atomic E-state index is 0.0881. The number of rotatable bonds is 20. The first kappa shape index (κ1) is 71.9. The highest BCUT2D eigenvalue weighted by Crippen LogP contribution is 2.28. The molecule has 20 nitrogen and oxygen atoms in total. The number of carbonyl (C=O) groups is 4. The average molecular weight is 1370 g/mol. The third-order valence-corrected chi connectivity index (χ3v) is 13.6. The van der Waals surface area contributed by atoms with Crippen LogP contribution < -0.4 is 18.9 Å². The molecule has 0 radical (unpaired) electrons. The number of carbonyl (C=O) groups excluding carboxylic acids is 4. The third kappa shape index (κ3) is 22.9. The van der Waals surface area contributed by atoms with Crippen LogP contribution >= 0.6 is 11.6 Å². The molecule has 0 bridgehead atoms. The molecule has 12 rings (SSSR count). The van der Waals surface area contributed by atoms with Crippen molar-refractivity contribution >= 4 is 34.7 Å². The topological polar surface area (TPSA) is 260 Å². The predicted molar refractivity (Wildman–Crippen MR) is 357 cm³/mol. The zero-order valence-electron chi connectivity index (χ0n) is 54.2. The van der Waals surface area contributed by atoms with E-state index >= 15 is 0 Å². The summed E-state index contributed by atoms with van der Waals surface area (Å²) in [5.41, 5.74) is 7.52. The van der Waals surface area contributed by atoms with Gasteiger partial charge in [0.1, 0.15) is 97.9 Å². The number of hydrogen-bond donors (Lipinski definition) is 0. The lowest BCUT2D eigenvalue weighted by Gasteiger charge is -2.08. The number of nitrogens with zero attached hydrogens (tertiary/aromatic N) is 12. The molecular formula is C74H58ClF5N12O8. The molecule has 12 aromatic heterocycles. The van der Waals surface area contributed by atoms with Crippen LogP contribution in [0, 0.1) is 70.6 Å². The van der Waals surface area contributed by atoms with E-state index in [1.54, 1.807) is 76.4 Å². The summed E-state index contributed by atoms with van der Waals surface area (Å²) in [5, 5.41) is 0.504. The van der Waals surface area contributed by atoms with E-state index in [4.69, 9.17) is 30.5 Å². The largest absolute Gasteiger partial charge is 0.455 e. The highest BCUT2D eigenvalue weighted by Gasteiger charge is 2.18. The molecule has 100 heavy (non-hydrogen) atoms. The lowest BCUT2D eigenvalue weighted by Crippen LogP contribution is -2.08. The fourth-order valence-corrected chi connectivity index (χ4v) is 9.18. The molecule has 0 aliphatic heterocycles. The first-order chi connectivity index (χ1) is 48.0. The van der Waals surface area contributed by atoms with E-state index in [9.17, 15) is 41.1 Å². The van der Waals surface area contributed by atoms with E-state index in [0.717, 1.165) is 36.0 Å². The Hall–Kier alpha value is -12.4. The van der Waals surface area contributed by atoms with Gasteiger partial charge in [0.2, 0.25) is 0 Å². The van der Waals surface area contributed by atoms with Gasteiger partial charge in [-0.05, 0) is 89.6 Å². The Morgan fingerprint density at radius 3 is 1.01 bits per heavy atom. The summed E-state index contributed by atoms with van der Waals surface area (Å²) in [6.45, 7) is 10.8. The van der Waals surface area contributed by atoms with Crippen LogP contribution in [0.3, 0.4) is 0 Å². The molecule has 26 heteroatoms. The van der Waals surface area contributed by atoms with Crippen LogP contribution in [0.15, 0.2) is 196 Å². The van der Waals surface area contributed by atoms with E-state index in [-0.39, 0.29) is 94.6 Å². The normalized spacial score (nSPS) is 10.5. The molecule has 0 N–H and O–H groups in total. The molecule has 0 amide bonds. The number of aromatic nitrogens is 12. The highest BCUT2D eigenvalue weighted by molar-refractivity contribution is 6.30. The van der Waals surface area contributed by atoms with E-state index in [0.29, 0.717) is 73.6 Å². The molecule has 504 valence electrons. The maximum Gasteiger partial charge on any atom is 0.187 e. The van der Waals surface area contributed by atoms with Gasteiger partial charge in [0.25, 0.3) is 0 Å². The van der Waals surface area contributed by atoms with Crippen LogP contribution in [0.5, 0.6) is 46.0 Å². The zero-order chi connectivity index (χ0) is 71.2. The lowest BCUT2D eigenvalue weighted by molar-refractivity contribution is 0.0978. The Labute approximate surface area is 574 Å². The average Bonchev–Trinajstić information content (AvgIpc) is 0.863. The van der Waals surface area contributed by atoms with E-state index < -0.39 is 29.1 Å². The molecule has 0 unspecified atom stereocenters. The summed E-state index contributed by atoms with van der Waals surface area (Å²) in [4.78, 5) is 98.3. The van der Waals surface area contributed by atoms with Crippen molar-refractivity contribution in [2.75, 3.05) is 0 Å². The van der Waals surface area contributed by atoms with Gasteiger partial charge >= 0.3 is 0 Å². The number of aryl methyl sites for hydroxylation is 6. The van der Waals surface area contributed by atoms with Crippen molar-refractivity contribution in [1.82, 2.24) is 59.8 Å². The van der Waals surface area contributed by atoms with Crippen molar-refractivity contribution < 1.29 is 60.1 Å². The Balaban J connectivity index is 0.000000156. The van der Waals surface area contributed by atoms with Gasteiger partial charge in [0, 0.05) is 137 Å². The van der Waals surface area contributed by atoms with Crippen LogP contribution in [-0.2, 0) is 25.7 Å². The van der Waals surface area contributed by atoms with E-state index in [1.807, 2.05) is 38.1 Å². The number of ketones is 4. The zero-order valence-corrected chi connectivity index (χ0v) is 55.0. The van der Waals surface area contributed by atoms with Gasteiger partial charge in [0.05, 0.1) is 86.0 Å². The number of ether oxygens (including phenoxy) is 4. The molecule has 0 saturated heterocycles. The van der Waals surface area contributed by atoms with Gasteiger partial charge in [-0.2, -0.15) is 0 Å². The number of halogens is 6. The number of hydrogen-bond acceptors (Lipinski definition) is 20. The van der Waals surface area contributed by atoms with Crippen LogP contribution in [0.2, 0.25) is 5.02 Å². The van der Waals surface area contributed by atoms with Gasteiger partial charge in [-0.3, -0.25) is 59.0 Å². The molecule has 0 aliphatic rings. The van der Waals surface area contributed by atoms with Crippen molar-refractivity contribution in [2.45, 2.75) is 67.2 Å². The maximum atomic E-state index is 13.2. The van der Waals surface area contributed by atoms with Crippen molar-refractivity contribution in [2.24, 2.45) is 0 Å². The highest BCUT2D eigenvalue weighted by atomic mass is 35.5. The van der Waals surface area contributed by atoms with E-state index in [2.05, 4.69) is 59.8 Å². The van der Waals surface area contributed by atoms with Crippen LogP contribution in [0.1, 0.15) is 98.8 Å². The molecule has 0 fully saturated rings. The Kier molecular flexibility index (Phi) is 24.8. The first-order valence-electron chi connectivity index (χ1n) is 30.2. The van der Waals surface area contributed by atoms with Gasteiger partial charge in [0.15, 0.2) is 23.1 Å². The summed E-state index contributed by atoms with van der Waals surface area (Å²) < 4.78 is 88.3. The first-order valence-corrected chi connectivity index (χ1v) is 30.6. The Morgan fingerprint density at radius 1 is 0.320 bits per heavy atom. The maximum absolute atomic E-state index is 13.2. The summed E-state index contributed by atoms with van der Waals surface area (Å²) in [6, 6.07) is 32.5. The minimum Gasteiger partial charge on any atom is -0.455 e. The fourth-order valence-electron chi connectivity index (χ4n) is 9.07. The predicted octanol–water partition coefficient (Wildman–Crippen LogP) is 15.6. The molecular weight excluding hydrogens is 1320 g/mol. The third-order valence-electron chi connectivity index (χ3n) is 13.4. The lowest BCUT2D eigenvalue weighted by atomic mass is 10.1. The second kappa shape index (κ2) is 34.5. The van der Waals surface area contributed by atoms with Crippen LogP contribution in [-0.4, -0.2) is 82.9 Å². The van der Waals surface area contributed by atoms with Crippen molar-refractivity contribution in [1.29, 1.82) is 0 Å².